The first-order chi connectivity index (χ1) is 9.70. The first-order valence-corrected chi connectivity index (χ1v) is 6.50. The van der Waals surface area contributed by atoms with Crippen LogP contribution in [0.5, 0.6) is 0 Å². The van der Waals surface area contributed by atoms with E-state index in [1.807, 2.05) is 6.07 Å². The summed E-state index contributed by atoms with van der Waals surface area (Å²) in [4.78, 5) is 16.1. The number of pyridine rings is 1. The molecule has 1 saturated carbocycles. The average molecular weight is 271 g/mol. The minimum absolute atomic E-state index is 0.301. The quantitative estimate of drug-likeness (QED) is 0.898. The second kappa shape index (κ2) is 5.28. The van der Waals surface area contributed by atoms with E-state index in [-0.39, 0.29) is 11.7 Å². The zero-order valence-electron chi connectivity index (χ0n) is 10.8. The van der Waals surface area contributed by atoms with Gasteiger partial charge in [0, 0.05) is 11.7 Å². The zero-order chi connectivity index (χ0) is 13.9. The van der Waals surface area contributed by atoms with E-state index in [4.69, 9.17) is 0 Å². The molecule has 4 nitrogen and oxygen atoms in total. The molecule has 20 heavy (non-hydrogen) atoms. The van der Waals surface area contributed by atoms with Crippen LogP contribution in [0.1, 0.15) is 23.3 Å². The number of amides is 1. The Labute approximate surface area is 116 Å². The molecule has 1 amide bonds. The molecule has 0 atom stereocenters. The van der Waals surface area contributed by atoms with Gasteiger partial charge in [-0.2, -0.15) is 0 Å². The summed E-state index contributed by atoms with van der Waals surface area (Å²) < 4.78 is 13.0. The summed E-state index contributed by atoms with van der Waals surface area (Å²) >= 11 is 0. The zero-order valence-corrected chi connectivity index (χ0v) is 10.8. The molecule has 2 N–H and O–H groups in total. The van der Waals surface area contributed by atoms with Crippen molar-refractivity contribution in [2.24, 2.45) is 0 Å². The van der Waals surface area contributed by atoms with Gasteiger partial charge in [-0.1, -0.05) is 6.07 Å². The third-order valence-corrected chi connectivity index (χ3v) is 3.03. The SMILES string of the molecule is O=C(Nc1cccc(F)c1)c1ccc(NC2CC2)cn1. The fourth-order valence-electron chi connectivity index (χ4n) is 1.84. The van der Waals surface area contributed by atoms with Gasteiger partial charge >= 0.3 is 0 Å². The number of benzene rings is 1. The van der Waals surface area contributed by atoms with Gasteiger partial charge in [0.25, 0.3) is 5.91 Å². The Kier molecular flexibility index (Phi) is 3.33. The van der Waals surface area contributed by atoms with Crippen molar-refractivity contribution in [3.05, 3.63) is 54.1 Å². The first kappa shape index (κ1) is 12.6. The van der Waals surface area contributed by atoms with Crippen LogP contribution in [-0.2, 0) is 0 Å². The molecule has 102 valence electrons. The molecule has 0 bridgehead atoms. The van der Waals surface area contributed by atoms with Crippen LogP contribution in [0.25, 0.3) is 0 Å². The highest BCUT2D eigenvalue weighted by atomic mass is 19.1. The van der Waals surface area contributed by atoms with Crippen LogP contribution in [0, 0.1) is 5.82 Å². The molecule has 0 spiro atoms. The number of hydrogen-bond acceptors (Lipinski definition) is 3. The summed E-state index contributed by atoms with van der Waals surface area (Å²) in [6.07, 6.45) is 4.00. The monoisotopic (exact) mass is 271 g/mol. The highest BCUT2D eigenvalue weighted by Crippen LogP contribution is 2.24. The molecule has 1 heterocycles. The van der Waals surface area contributed by atoms with Crippen molar-refractivity contribution in [1.29, 1.82) is 0 Å². The molecule has 1 fully saturated rings. The summed E-state index contributed by atoms with van der Waals surface area (Å²) in [5.74, 6) is -0.742. The van der Waals surface area contributed by atoms with Crippen LogP contribution >= 0.6 is 0 Å². The highest BCUT2D eigenvalue weighted by Gasteiger charge is 2.20. The van der Waals surface area contributed by atoms with Crippen molar-refractivity contribution in [2.75, 3.05) is 10.6 Å². The standard InChI is InChI=1S/C15H14FN3O/c16-10-2-1-3-12(8-10)19-15(20)14-7-6-13(9-17-14)18-11-4-5-11/h1-3,6-9,11,18H,4-5H2,(H,19,20). The molecule has 1 aliphatic carbocycles. The number of nitrogens with zero attached hydrogens (tertiary/aromatic N) is 1. The van der Waals surface area contributed by atoms with Crippen molar-refractivity contribution < 1.29 is 9.18 Å². The summed E-state index contributed by atoms with van der Waals surface area (Å²) in [6, 6.07) is 9.78. The predicted octanol–water partition coefficient (Wildman–Crippen LogP) is 3.05. The van der Waals surface area contributed by atoms with Crippen molar-refractivity contribution in [3.8, 4) is 0 Å². The maximum atomic E-state index is 13.0. The summed E-state index contributed by atoms with van der Waals surface area (Å²) in [7, 11) is 0. The molecular formula is C15H14FN3O. The lowest BCUT2D eigenvalue weighted by Crippen LogP contribution is -2.14. The smallest absolute Gasteiger partial charge is 0.274 e. The van der Waals surface area contributed by atoms with E-state index in [0.29, 0.717) is 17.4 Å². The van der Waals surface area contributed by atoms with E-state index in [1.165, 1.54) is 25.0 Å². The molecule has 1 aromatic carbocycles. The van der Waals surface area contributed by atoms with Crippen LogP contribution in [0.3, 0.4) is 0 Å². The van der Waals surface area contributed by atoms with E-state index in [0.717, 1.165) is 5.69 Å². The van der Waals surface area contributed by atoms with Gasteiger partial charge in [0.15, 0.2) is 0 Å². The van der Waals surface area contributed by atoms with Gasteiger partial charge in [-0.15, -0.1) is 0 Å². The molecule has 0 unspecified atom stereocenters. The molecule has 0 saturated heterocycles. The Morgan fingerprint density at radius 3 is 2.70 bits per heavy atom. The van der Waals surface area contributed by atoms with E-state index in [9.17, 15) is 9.18 Å². The lowest BCUT2D eigenvalue weighted by atomic mass is 10.2. The minimum atomic E-state index is -0.389. The third kappa shape index (κ3) is 3.12. The second-order valence-corrected chi connectivity index (χ2v) is 4.82. The van der Waals surface area contributed by atoms with E-state index < -0.39 is 0 Å². The van der Waals surface area contributed by atoms with Crippen molar-refractivity contribution >= 4 is 17.3 Å². The topological polar surface area (TPSA) is 54.0 Å². The normalized spacial score (nSPS) is 13.8. The number of halogens is 1. The van der Waals surface area contributed by atoms with Gasteiger partial charge in [0.05, 0.1) is 11.9 Å². The van der Waals surface area contributed by atoms with Gasteiger partial charge in [0.1, 0.15) is 11.5 Å². The lowest BCUT2D eigenvalue weighted by molar-refractivity contribution is 0.102. The molecule has 5 heteroatoms. The number of nitrogens with one attached hydrogen (secondary N) is 2. The van der Waals surface area contributed by atoms with Gasteiger partial charge in [-0.3, -0.25) is 4.79 Å². The van der Waals surface area contributed by atoms with Crippen LogP contribution in [0.4, 0.5) is 15.8 Å². The number of aromatic nitrogens is 1. The highest BCUT2D eigenvalue weighted by molar-refractivity contribution is 6.02. The minimum Gasteiger partial charge on any atom is -0.381 e. The van der Waals surface area contributed by atoms with E-state index in [1.54, 1.807) is 24.4 Å². The van der Waals surface area contributed by atoms with Gasteiger partial charge in [0.2, 0.25) is 0 Å². The summed E-state index contributed by atoms with van der Waals surface area (Å²) in [6.45, 7) is 0. The number of anilines is 2. The Morgan fingerprint density at radius 2 is 2.05 bits per heavy atom. The number of carbonyl (C=O) groups is 1. The van der Waals surface area contributed by atoms with Crippen LogP contribution < -0.4 is 10.6 Å². The molecule has 1 aliphatic rings. The van der Waals surface area contributed by atoms with Crippen molar-refractivity contribution in [2.45, 2.75) is 18.9 Å². The third-order valence-electron chi connectivity index (χ3n) is 3.03. The Hall–Kier alpha value is -2.43. The van der Waals surface area contributed by atoms with Gasteiger partial charge in [-0.25, -0.2) is 9.37 Å². The Balaban J connectivity index is 1.66. The van der Waals surface area contributed by atoms with Crippen molar-refractivity contribution in [1.82, 2.24) is 4.98 Å². The van der Waals surface area contributed by atoms with Crippen LogP contribution in [-0.4, -0.2) is 16.9 Å². The van der Waals surface area contributed by atoms with E-state index >= 15 is 0 Å². The largest absolute Gasteiger partial charge is 0.381 e. The van der Waals surface area contributed by atoms with Crippen LogP contribution in [0.15, 0.2) is 42.6 Å². The molecular weight excluding hydrogens is 257 g/mol. The Bertz CT molecular complexity index is 623. The summed E-state index contributed by atoms with van der Waals surface area (Å²) in [5.41, 5.74) is 1.63. The fourth-order valence-corrected chi connectivity index (χ4v) is 1.84. The predicted molar refractivity (Wildman–Crippen MR) is 75.2 cm³/mol. The number of hydrogen-bond donors (Lipinski definition) is 2. The molecule has 3 rings (SSSR count). The molecule has 0 radical (unpaired) electrons. The first-order valence-electron chi connectivity index (χ1n) is 6.50. The number of carbonyl (C=O) groups excluding carboxylic acids is 1. The summed E-state index contributed by atoms with van der Waals surface area (Å²) in [5, 5.41) is 5.91. The van der Waals surface area contributed by atoms with Crippen LogP contribution in [0.2, 0.25) is 0 Å². The molecule has 1 aromatic heterocycles. The molecule has 2 aromatic rings. The average Bonchev–Trinajstić information content (AvgIpc) is 3.23. The van der Waals surface area contributed by atoms with Gasteiger partial charge in [-0.05, 0) is 43.2 Å². The van der Waals surface area contributed by atoms with E-state index in [2.05, 4.69) is 15.6 Å². The Morgan fingerprint density at radius 1 is 1.20 bits per heavy atom. The number of rotatable bonds is 4. The van der Waals surface area contributed by atoms with Gasteiger partial charge < -0.3 is 10.6 Å². The maximum Gasteiger partial charge on any atom is 0.274 e. The maximum absolute atomic E-state index is 13.0. The fraction of sp³-hybridized carbons (Fsp3) is 0.200. The molecule has 0 aliphatic heterocycles. The van der Waals surface area contributed by atoms with Crippen molar-refractivity contribution in [3.63, 3.8) is 0 Å². The lowest BCUT2D eigenvalue weighted by Gasteiger charge is -2.06. The second-order valence-electron chi connectivity index (χ2n) is 4.82.